The molecule has 234 valence electrons. The Morgan fingerprint density at radius 1 is 0.522 bits per heavy atom. The third-order valence-electron chi connectivity index (χ3n) is 7.47. The summed E-state index contributed by atoms with van der Waals surface area (Å²) in [6, 6.07) is 45.1. The number of rotatable bonds is 9. The summed E-state index contributed by atoms with van der Waals surface area (Å²) in [7, 11) is -0.474. The summed E-state index contributed by atoms with van der Waals surface area (Å²) in [5.41, 5.74) is 0.693. The molecule has 0 heterocycles. The lowest BCUT2D eigenvalue weighted by molar-refractivity contribution is 0.130. The molecular weight excluding hydrogens is 585 g/mol. The van der Waals surface area contributed by atoms with Gasteiger partial charge >= 0.3 is 0 Å². The molecule has 0 saturated heterocycles. The Morgan fingerprint density at radius 2 is 1.07 bits per heavy atom. The van der Waals surface area contributed by atoms with E-state index in [1.165, 1.54) is 27.1 Å². The minimum absolute atomic E-state index is 0.299. The molecule has 0 bridgehead atoms. The van der Waals surface area contributed by atoms with Crippen LogP contribution >= 0.6 is 0 Å². The van der Waals surface area contributed by atoms with E-state index in [-0.39, 0.29) is 11.2 Å². The van der Waals surface area contributed by atoms with E-state index in [4.69, 9.17) is 14.2 Å². The monoisotopic (exact) mass is 627 g/mol. The highest BCUT2D eigenvalue weighted by Gasteiger charge is 2.33. The van der Waals surface area contributed by atoms with E-state index >= 15 is 0 Å². The van der Waals surface area contributed by atoms with Gasteiger partial charge in [0, 0.05) is 18.6 Å². The second-order valence-corrected chi connectivity index (χ2v) is 15.6. The Labute approximate surface area is 276 Å². The lowest BCUT2D eigenvalue weighted by Gasteiger charge is -2.22. The van der Waals surface area contributed by atoms with Crippen LogP contribution in [0.1, 0.15) is 47.1 Å². The summed E-state index contributed by atoms with van der Waals surface area (Å²) < 4.78 is 19.3. The Kier molecular flexibility index (Phi) is 9.02. The highest BCUT2D eigenvalue weighted by molar-refractivity contribution is 7.97. The summed E-state index contributed by atoms with van der Waals surface area (Å²) in [6.07, 6.45) is 0.807. The largest absolute Gasteiger partial charge is 0.488 e. The zero-order valence-corrected chi connectivity index (χ0v) is 28.5. The van der Waals surface area contributed by atoms with Crippen LogP contribution in [0.3, 0.4) is 0 Å². The summed E-state index contributed by atoms with van der Waals surface area (Å²) in [5.74, 6) is 2.60. The Hall–Kier alpha value is -4.41. The summed E-state index contributed by atoms with van der Waals surface area (Å²) >= 11 is 0. The van der Waals surface area contributed by atoms with Gasteiger partial charge in [0.25, 0.3) is 0 Å². The van der Waals surface area contributed by atoms with Gasteiger partial charge in [-0.25, -0.2) is 0 Å². The van der Waals surface area contributed by atoms with Gasteiger partial charge in [-0.3, -0.25) is 0 Å². The predicted molar refractivity (Wildman–Crippen MR) is 193 cm³/mol. The molecule has 3 nitrogen and oxygen atoms in total. The number of benzene rings is 6. The standard InChI is InChI=1S/C42H43O3S/c1-41(2,3)44-34-18-12-20-36(28-34)46(37-21-13-19-35(29-37)45-42(4,5)6)40-23-10-9-22-39(40)43-25-24-30-16-11-17-33-26-31-14-7-8-15-32(31)27-38(30)33/h7-23,26-29H,24-25H2,1-6H3/q+1. The average molecular weight is 628 g/mol. The molecule has 4 heteroatoms. The van der Waals surface area contributed by atoms with Crippen LogP contribution < -0.4 is 14.2 Å². The van der Waals surface area contributed by atoms with Gasteiger partial charge in [0.2, 0.25) is 4.90 Å². The van der Waals surface area contributed by atoms with Crippen LogP contribution in [0.5, 0.6) is 17.2 Å². The minimum atomic E-state index is -0.474. The average Bonchev–Trinajstić information content (AvgIpc) is 3.00. The molecule has 0 atom stereocenters. The summed E-state index contributed by atoms with van der Waals surface area (Å²) in [5, 5.41) is 5.06. The van der Waals surface area contributed by atoms with E-state index in [2.05, 4.69) is 157 Å². The van der Waals surface area contributed by atoms with E-state index in [0.29, 0.717) is 6.61 Å². The second kappa shape index (κ2) is 13.1. The van der Waals surface area contributed by atoms with Crippen molar-refractivity contribution in [2.24, 2.45) is 0 Å². The third kappa shape index (κ3) is 7.68. The van der Waals surface area contributed by atoms with Gasteiger partial charge in [0.05, 0.1) is 6.61 Å². The molecule has 6 rings (SSSR count). The molecule has 0 fully saturated rings. The second-order valence-electron chi connectivity index (χ2n) is 13.6. The highest BCUT2D eigenvalue weighted by Crippen LogP contribution is 2.39. The van der Waals surface area contributed by atoms with Crippen molar-refractivity contribution in [3.8, 4) is 17.2 Å². The van der Waals surface area contributed by atoms with Crippen LogP contribution in [0.2, 0.25) is 0 Å². The molecule has 0 aliphatic carbocycles. The number of fused-ring (bicyclic) bond motifs is 2. The molecule has 0 amide bonds. The van der Waals surface area contributed by atoms with E-state index in [9.17, 15) is 0 Å². The quantitative estimate of drug-likeness (QED) is 0.118. The Balaban J connectivity index is 1.34. The Morgan fingerprint density at radius 3 is 1.70 bits per heavy atom. The fourth-order valence-corrected chi connectivity index (χ4v) is 7.91. The van der Waals surface area contributed by atoms with Crippen LogP contribution in [-0.2, 0) is 17.3 Å². The topological polar surface area (TPSA) is 27.7 Å². The highest BCUT2D eigenvalue weighted by atomic mass is 32.2. The van der Waals surface area contributed by atoms with Crippen molar-refractivity contribution in [1.29, 1.82) is 0 Å². The molecule has 0 aliphatic rings. The van der Waals surface area contributed by atoms with E-state index in [1.807, 2.05) is 12.1 Å². The van der Waals surface area contributed by atoms with Crippen molar-refractivity contribution < 1.29 is 14.2 Å². The van der Waals surface area contributed by atoms with Gasteiger partial charge in [0.15, 0.2) is 15.5 Å². The molecule has 46 heavy (non-hydrogen) atoms. The maximum Gasteiger partial charge on any atom is 0.208 e. The van der Waals surface area contributed by atoms with Gasteiger partial charge in [-0.1, -0.05) is 66.7 Å². The molecule has 0 spiro atoms. The van der Waals surface area contributed by atoms with Crippen molar-refractivity contribution in [3.05, 3.63) is 133 Å². The van der Waals surface area contributed by atoms with Crippen LogP contribution in [0.25, 0.3) is 21.5 Å². The first-order valence-electron chi connectivity index (χ1n) is 16.0. The maximum atomic E-state index is 6.67. The van der Waals surface area contributed by atoms with Gasteiger partial charge in [-0.15, -0.1) is 0 Å². The molecule has 0 saturated carbocycles. The van der Waals surface area contributed by atoms with Crippen LogP contribution in [0, 0.1) is 0 Å². The fourth-order valence-electron chi connectivity index (χ4n) is 5.69. The van der Waals surface area contributed by atoms with Crippen molar-refractivity contribution >= 4 is 32.4 Å². The van der Waals surface area contributed by atoms with E-state index < -0.39 is 10.9 Å². The van der Waals surface area contributed by atoms with Crippen molar-refractivity contribution in [3.63, 3.8) is 0 Å². The zero-order valence-electron chi connectivity index (χ0n) is 27.7. The molecule has 6 aromatic rings. The van der Waals surface area contributed by atoms with Crippen LogP contribution in [0.15, 0.2) is 142 Å². The van der Waals surface area contributed by atoms with Crippen LogP contribution in [0.4, 0.5) is 0 Å². The molecule has 0 unspecified atom stereocenters. The lowest BCUT2D eigenvalue weighted by Crippen LogP contribution is -2.23. The molecule has 6 aromatic carbocycles. The predicted octanol–water partition coefficient (Wildman–Crippen LogP) is 11.1. The van der Waals surface area contributed by atoms with Crippen molar-refractivity contribution in [1.82, 2.24) is 0 Å². The summed E-state index contributed by atoms with van der Waals surface area (Å²) in [4.78, 5) is 3.45. The fraction of sp³-hybridized carbons (Fsp3) is 0.238. The molecule has 0 aromatic heterocycles. The Bertz CT molecular complexity index is 1910. The molecular formula is C42H43O3S+. The molecule has 0 aliphatic heterocycles. The first kappa shape index (κ1) is 31.6. The lowest BCUT2D eigenvalue weighted by atomic mass is 9.98. The molecule has 0 N–H and O–H groups in total. The minimum Gasteiger partial charge on any atom is -0.488 e. The SMILES string of the molecule is CC(C)(C)Oc1cccc([S+](c2cccc(OC(C)(C)C)c2)c2ccccc2OCCc2cccc3cc4ccccc4cc23)c1. The van der Waals surface area contributed by atoms with E-state index in [1.54, 1.807) is 0 Å². The summed E-state index contributed by atoms with van der Waals surface area (Å²) in [6.45, 7) is 13.0. The van der Waals surface area contributed by atoms with Crippen molar-refractivity contribution in [2.75, 3.05) is 6.61 Å². The number of hydrogen-bond acceptors (Lipinski definition) is 3. The number of para-hydroxylation sites is 1. The smallest absolute Gasteiger partial charge is 0.208 e. The van der Waals surface area contributed by atoms with E-state index in [0.717, 1.165) is 38.4 Å². The first-order chi connectivity index (χ1) is 22.0. The number of ether oxygens (including phenoxy) is 3. The first-order valence-corrected chi connectivity index (χ1v) is 17.2. The maximum absolute atomic E-state index is 6.67. The molecule has 0 radical (unpaired) electrons. The number of hydrogen-bond donors (Lipinski definition) is 0. The van der Waals surface area contributed by atoms with Gasteiger partial charge in [-0.05, 0) is 117 Å². The van der Waals surface area contributed by atoms with Crippen molar-refractivity contribution in [2.45, 2.75) is 73.9 Å². The zero-order chi connectivity index (χ0) is 32.3. The van der Waals surface area contributed by atoms with Gasteiger partial charge in [0.1, 0.15) is 33.6 Å². The van der Waals surface area contributed by atoms with Gasteiger partial charge in [-0.2, -0.15) is 0 Å². The normalized spacial score (nSPS) is 12.1. The third-order valence-corrected chi connectivity index (χ3v) is 9.69. The van der Waals surface area contributed by atoms with Crippen LogP contribution in [-0.4, -0.2) is 17.8 Å². The van der Waals surface area contributed by atoms with Gasteiger partial charge < -0.3 is 14.2 Å².